The van der Waals surface area contributed by atoms with Crippen molar-refractivity contribution in [3.63, 3.8) is 0 Å². The van der Waals surface area contributed by atoms with Crippen molar-refractivity contribution >= 4 is 10.8 Å². The van der Waals surface area contributed by atoms with Crippen LogP contribution in [0.5, 0.6) is 11.5 Å². The molecular formula is C13H21NO3S. The highest BCUT2D eigenvalue weighted by Crippen LogP contribution is 2.28. The quantitative estimate of drug-likeness (QED) is 0.828. The molecule has 1 rings (SSSR count). The van der Waals surface area contributed by atoms with Gasteiger partial charge in [-0.05, 0) is 31.5 Å². The van der Waals surface area contributed by atoms with Crippen LogP contribution in [0, 0.1) is 0 Å². The van der Waals surface area contributed by atoms with Crippen molar-refractivity contribution < 1.29 is 14.1 Å². The van der Waals surface area contributed by atoms with Crippen molar-refractivity contribution in [2.24, 2.45) is 0 Å². The van der Waals surface area contributed by atoms with Gasteiger partial charge in [-0.2, -0.15) is 0 Å². The zero-order valence-corrected chi connectivity index (χ0v) is 12.1. The van der Waals surface area contributed by atoms with E-state index in [9.17, 15) is 9.32 Å². The van der Waals surface area contributed by atoms with Crippen molar-refractivity contribution in [1.82, 2.24) is 5.32 Å². The SMILES string of the molecule is COc1cc(C(C)NCC(C)S(C)=O)ccc1O. The van der Waals surface area contributed by atoms with Crippen LogP contribution in [-0.4, -0.2) is 34.5 Å². The molecular weight excluding hydrogens is 250 g/mol. The van der Waals surface area contributed by atoms with E-state index in [0.717, 1.165) is 5.56 Å². The van der Waals surface area contributed by atoms with E-state index in [2.05, 4.69) is 5.32 Å². The minimum atomic E-state index is -0.820. The predicted octanol–water partition coefficient (Wildman–Crippen LogP) is 1.82. The Balaban J connectivity index is 2.66. The number of nitrogens with one attached hydrogen (secondary N) is 1. The number of hydrogen-bond acceptors (Lipinski definition) is 4. The van der Waals surface area contributed by atoms with Crippen LogP contribution >= 0.6 is 0 Å². The maximum atomic E-state index is 11.3. The fourth-order valence-corrected chi connectivity index (χ4v) is 1.87. The van der Waals surface area contributed by atoms with Gasteiger partial charge in [-0.3, -0.25) is 4.21 Å². The highest BCUT2D eigenvalue weighted by Gasteiger charge is 2.11. The van der Waals surface area contributed by atoms with Crippen molar-refractivity contribution in [1.29, 1.82) is 0 Å². The highest BCUT2D eigenvalue weighted by molar-refractivity contribution is 7.84. The topological polar surface area (TPSA) is 58.6 Å². The summed E-state index contributed by atoms with van der Waals surface area (Å²) in [4.78, 5) is 0. The van der Waals surface area contributed by atoms with E-state index in [1.807, 2.05) is 19.9 Å². The van der Waals surface area contributed by atoms with Crippen LogP contribution < -0.4 is 10.1 Å². The molecule has 0 aliphatic rings. The summed E-state index contributed by atoms with van der Waals surface area (Å²) in [6, 6.07) is 5.39. The van der Waals surface area contributed by atoms with Crippen LogP contribution in [0.3, 0.4) is 0 Å². The number of methoxy groups -OCH3 is 1. The Morgan fingerprint density at radius 1 is 1.44 bits per heavy atom. The Bertz CT molecular complexity index is 423. The molecule has 3 unspecified atom stereocenters. The van der Waals surface area contributed by atoms with Crippen LogP contribution in [0.4, 0.5) is 0 Å². The third-order valence-corrected chi connectivity index (χ3v) is 4.28. The van der Waals surface area contributed by atoms with Gasteiger partial charge in [-0.15, -0.1) is 0 Å². The standard InChI is InChI=1S/C13H21NO3S/c1-9(18(4)16)8-14-10(2)11-5-6-12(15)13(7-11)17-3/h5-7,9-10,14-15H,8H2,1-4H3. The van der Waals surface area contributed by atoms with E-state index in [-0.39, 0.29) is 17.0 Å². The van der Waals surface area contributed by atoms with Gasteiger partial charge in [0.25, 0.3) is 0 Å². The minimum Gasteiger partial charge on any atom is -0.504 e. The van der Waals surface area contributed by atoms with Crippen molar-refractivity contribution in [2.45, 2.75) is 25.1 Å². The van der Waals surface area contributed by atoms with Crippen molar-refractivity contribution in [2.75, 3.05) is 19.9 Å². The predicted molar refractivity (Wildman–Crippen MR) is 74.6 cm³/mol. The third kappa shape index (κ3) is 3.99. The summed E-state index contributed by atoms with van der Waals surface area (Å²) in [7, 11) is 0.707. The lowest BCUT2D eigenvalue weighted by Crippen LogP contribution is -2.29. The molecule has 0 radical (unpaired) electrons. The summed E-state index contributed by atoms with van der Waals surface area (Å²) in [5.74, 6) is 0.602. The lowest BCUT2D eigenvalue weighted by Gasteiger charge is -2.17. The second kappa shape index (κ2) is 6.75. The molecule has 18 heavy (non-hydrogen) atoms. The average molecular weight is 271 g/mol. The van der Waals surface area contributed by atoms with Crippen LogP contribution in [0.25, 0.3) is 0 Å². The molecule has 0 heterocycles. The molecule has 0 aromatic heterocycles. The summed E-state index contributed by atoms with van der Waals surface area (Å²) >= 11 is 0. The maximum absolute atomic E-state index is 11.3. The third-order valence-electron chi connectivity index (χ3n) is 2.98. The number of hydrogen-bond donors (Lipinski definition) is 2. The number of ether oxygens (including phenoxy) is 1. The highest BCUT2D eigenvalue weighted by atomic mass is 32.2. The fourth-order valence-electron chi connectivity index (χ4n) is 1.54. The van der Waals surface area contributed by atoms with Crippen LogP contribution in [0.15, 0.2) is 18.2 Å². The first-order chi connectivity index (χ1) is 8.45. The number of phenolic OH excluding ortho intramolecular Hbond substituents is 1. The Labute approximate surface area is 111 Å². The molecule has 0 spiro atoms. The number of rotatable bonds is 6. The zero-order valence-electron chi connectivity index (χ0n) is 11.3. The molecule has 5 heteroatoms. The molecule has 0 aliphatic carbocycles. The molecule has 2 N–H and O–H groups in total. The van der Waals surface area contributed by atoms with Gasteiger partial charge >= 0.3 is 0 Å². The number of phenols is 1. The smallest absolute Gasteiger partial charge is 0.160 e. The van der Waals surface area contributed by atoms with Crippen molar-refractivity contribution in [3.8, 4) is 11.5 Å². The molecule has 0 aliphatic heterocycles. The van der Waals surface area contributed by atoms with E-state index >= 15 is 0 Å². The summed E-state index contributed by atoms with van der Waals surface area (Å²) in [5.41, 5.74) is 1.03. The normalized spacial score (nSPS) is 16.0. The first-order valence-corrected chi connectivity index (χ1v) is 7.50. The first-order valence-electron chi connectivity index (χ1n) is 5.88. The molecule has 1 aromatic carbocycles. The number of benzene rings is 1. The lowest BCUT2D eigenvalue weighted by molar-refractivity contribution is 0.372. The maximum Gasteiger partial charge on any atom is 0.160 e. The fraction of sp³-hybridized carbons (Fsp3) is 0.538. The average Bonchev–Trinajstić information content (AvgIpc) is 2.35. The molecule has 1 aromatic rings. The van der Waals surface area contributed by atoms with E-state index in [0.29, 0.717) is 12.3 Å². The summed E-state index contributed by atoms with van der Waals surface area (Å²) in [5, 5.41) is 13.0. The molecule has 0 saturated carbocycles. The second-order valence-electron chi connectivity index (χ2n) is 4.37. The van der Waals surface area contributed by atoms with E-state index in [1.54, 1.807) is 18.4 Å². The summed E-state index contributed by atoms with van der Waals surface area (Å²) in [6.45, 7) is 4.66. The lowest BCUT2D eigenvalue weighted by atomic mass is 10.1. The Morgan fingerprint density at radius 3 is 2.67 bits per heavy atom. The van der Waals surface area contributed by atoms with Gasteiger partial charge in [0.1, 0.15) is 0 Å². The van der Waals surface area contributed by atoms with Gasteiger partial charge in [0.05, 0.1) is 7.11 Å². The monoisotopic (exact) mass is 271 g/mol. The van der Waals surface area contributed by atoms with Crippen molar-refractivity contribution in [3.05, 3.63) is 23.8 Å². The van der Waals surface area contributed by atoms with E-state index < -0.39 is 10.8 Å². The van der Waals surface area contributed by atoms with Gasteiger partial charge in [-0.25, -0.2) is 0 Å². The minimum absolute atomic E-state index is 0.116. The van der Waals surface area contributed by atoms with Gasteiger partial charge < -0.3 is 15.2 Å². The van der Waals surface area contributed by atoms with Crippen LogP contribution in [-0.2, 0) is 10.8 Å². The molecule has 0 fully saturated rings. The molecule has 4 nitrogen and oxygen atoms in total. The van der Waals surface area contributed by atoms with Crippen LogP contribution in [0.2, 0.25) is 0 Å². The first kappa shape index (κ1) is 15.0. The largest absolute Gasteiger partial charge is 0.504 e. The van der Waals surface area contributed by atoms with Gasteiger partial charge in [0.2, 0.25) is 0 Å². The second-order valence-corrected chi connectivity index (χ2v) is 6.17. The van der Waals surface area contributed by atoms with E-state index in [4.69, 9.17) is 4.74 Å². The molecule has 3 atom stereocenters. The number of aromatic hydroxyl groups is 1. The Kier molecular flexibility index (Phi) is 5.62. The summed E-state index contributed by atoms with van der Waals surface area (Å²) < 4.78 is 16.3. The Hall–Kier alpha value is -1.07. The molecule has 0 amide bonds. The molecule has 0 saturated heterocycles. The van der Waals surface area contributed by atoms with E-state index in [1.165, 1.54) is 7.11 Å². The zero-order chi connectivity index (χ0) is 13.7. The van der Waals surface area contributed by atoms with Crippen LogP contribution in [0.1, 0.15) is 25.5 Å². The molecule has 102 valence electrons. The van der Waals surface area contributed by atoms with Gasteiger partial charge in [-0.1, -0.05) is 6.07 Å². The van der Waals surface area contributed by atoms with Gasteiger partial charge in [0, 0.05) is 34.9 Å². The van der Waals surface area contributed by atoms with Gasteiger partial charge in [0.15, 0.2) is 11.5 Å². The Morgan fingerprint density at radius 2 is 2.11 bits per heavy atom. The summed E-state index contributed by atoms with van der Waals surface area (Å²) in [6.07, 6.45) is 1.71. The molecule has 0 bridgehead atoms.